The van der Waals surface area contributed by atoms with Gasteiger partial charge in [0.1, 0.15) is 5.82 Å². The molecule has 0 spiro atoms. The standard InChI is InChI=1S/C20H20FNO3/c21-17-6-2-1-5-16(17)20(11-3-4-12-20)19(25)22-15-9-7-14(8-10-15)13-18(23)24/h1-2,5-10H,3-4,11-13H2,(H,22,25)(H,23,24). The number of carboxylic acid groups (broad SMARTS) is 1. The van der Waals surface area contributed by atoms with Crippen LogP contribution in [0.5, 0.6) is 0 Å². The van der Waals surface area contributed by atoms with Crippen molar-refractivity contribution < 1.29 is 19.1 Å². The molecule has 0 unspecified atom stereocenters. The summed E-state index contributed by atoms with van der Waals surface area (Å²) in [4.78, 5) is 23.7. The molecular formula is C20H20FNO3. The number of amides is 1. The quantitative estimate of drug-likeness (QED) is 0.867. The largest absolute Gasteiger partial charge is 0.481 e. The van der Waals surface area contributed by atoms with Crippen LogP contribution in [0.15, 0.2) is 48.5 Å². The number of hydrogen-bond acceptors (Lipinski definition) is 2. The highest BCUT2D eigenvalue weighted by molar-refractivity contribution is 5.99. The van der Waals surface area contributed by atoms with Gasteiger partial charge in [-0.2, -0.15) is 0 Å². The second kappa shape index (κ2) is 7.05. The molecule has 130 valence electrons. The van der Waals surface area contributed by atoms with Crippen LogP contribution in [0.4, 0.5) is 10.1 Å². The van der Waals surface area contributed by atoms with Crippen molar-refractivity contribution in [2.24, 2.45) is 0 Å². The van der Waals surface area contributed by atoms with E-state index in [1.54, 1.807) is 42.5 Å². The van der Waals surface area contributed by atoms with E-state index in [0.717, 1.165) is 12.8 Å². The zero-order valence-corrected chi connectivity index (χ0v) is 13.8. The summed E-state index contributed by atoms with van der Waals surface area (Å²) in [6.45, 7) is 0. The third-order valence-electron chi connectivity index (χ3n) is 4.85. The van der Waals surface area contributed by atoms with Gasteiger partial charge in [0.05, 0.1) is 11.8 Å². The molecule has 25 heavy (non-hydrogen) atoms. The first-order valence-electron chi connectivity index (χ1n) is 8.38. The average molecular weight is 341 g/mol. The van der Waals surface area contributed by atoms with Gasteiger partial charge >= 0.3 is 5.97 Å². The van der Waals surface area contributed by atoms with Crippen LogP contribution in [0.3, 0.4) is 0 Å². The lowest BCUT2D eigenvalue weighted by molar-refractivity contribution is -0.136. The highest BCUT2D eigenvalue weighted by Gasteiger charge is 2.44. The van der Waals surface area contributed by atoms with Gasteiger partial charge in [-0.1, -0.05) is 43.2 Å². The Bertz CT molecular complexity index is 780. The van der Waals surface area contributed by atoms with Crippen LogP contribution in [0.1, 0.15) is 36.8 Å². The van der Waals surface area contributed by atoms with Gasteiger partial charge in [0.25, 0.3) is 0 Å². The second-order valence-electron chi connectivity index (χ2n) is 6.49. The minimum Gasteiger partial charge on any atom is -0.481 e. The van der Waals surface area contributed by atoms with Gasteiger partial charge in [-0.05, 0) is 36.6 Å². The molecule has 1 aliphatic carbocycles. The Kier molecular flexibility index (Phi) is 4.83. The number of anilines is 1. The number of aliphatic carboxylic acids is 1. The van der Waals surface area contributed by atoms with Crippen molar-refractivity contribution in [3.05, 3.63) is 65.5 Å². The Hall–Kier alpha value is -2.69. The van der Waals surface area contributed by atoms with Crippen LogP contribution in [-0.2, 0) is 21.4 Å². The molecule has 1 aliphatic rings. The van der Waals surface area contributed by atoms with Gasteiger partial charge in [-0.3, -0.25) is 9.59 Å². The number of benzene rings is 2. The first-order chi connectivity index (χ1) is 12.0. The van der Waals surface area contributed by atoms with Crippen molar-refractivity contribution in [2.45, 2.75) is 37.5 Å². The number of carbonyl (C=O) groups excluding carboxylic acids is 1. The number of hydrogen-bond donors (Lipinski definition) is 2. The maximum atomic E-state index is 14.3. The number of carbonyl (C=O) groups is 2. The smallest absolute Gasteiger partial charge is 0.307 e. The van der Waals surface area contributed by atoms with E-state index in [4.69, 9.17) is 5.11 Å². The van der Waals surface area contributed by atoms with Crippen molar-refractivity contribution in [1.29, 1.82) is 0 Å². The van der Waals surface area contributed by atoms with E-state index in [1.165, 1.54) is 6.07 Å². The highest BCUT2D eigenvalue weighted by Crippen LogP contribution is 2.43. The fourth-order valence-corrected chi connectivity index (χ4v) is 3.58. The Labute approximate surface area is 145 Å². The molecule has 0 bridgehead atoms. The van der Waals surface area contributed by atoms with Crippen molar-refractivity contribution in [3.8, 4) is 0 Å². The number of rotatable bonds is 5. The zero-order valence-electron chi connectivity index (χ0n) is 13.8. The van der Waals surface area contributed by atoms with Gasteiger partial charge in [0.2, 0.25) is 5.91 Å². The molecule has 0 aliphatic heterocycles. The van der Waals surface area contributed by atoms with E-state index in [1.807, 2.05) is 0 Å². The molecule has 2 aromatic carbocycles. The molecule has 0 aromatic heterocycles. The molecule has 2 aromatic rings. The van der Waals surface area contributed by atoms with Gasteiger partial charge in [0.15, 0.2) is 0 Å². The summed E-state index contributed by atoms with van der Waals surface area (Å²) in [5, 5.41) is 11.7. The van der Waals surface area contributed by atoms with E-state index >= 15 is 0 Å². The molecule has 1 saturated carbocycles. The van der Waals surface area contributed by atoms with E-state index < -0.39 is 11.4 Å². The van der Waals surface area contributed by atoms with Crippen LogP contribution < -0.4 is 5.32 Å². The molecule has 3 rings (SSSR count). The molecule has 0 radical (unpaired) electrons. The normalized spacial score (nSPS) is 15.7. The van der Waals surface area contributed by atoms with Crippen LogP contribution in [-0.4, -0.2) is 17.0 Å². The Morgan fingerprint density at radius 1 is 1.04 bits per heavy atom. The van der Waals surface area contributed by atoms with Gasteiger partial charge < -0.3 is 10.4 Å². The molecule has 1 amide bonds. The summed E-state index contributed by atoms with van der Waals surface area (Å²) >= 11 is 0. The Balaban J connectivity index is 1.83. The van der Waals surface area contributed by atoms with E-state index in [9.17, 15) is 14.0 Å². The van der Waals surface area contributed by atoms with Crippen molar-refractivity contribution in [2.75, 3.05) is 5.32 Å². The van der Waals surface area contributed by atoms with Gasteiger partial charge in [0, 0.05) is 11.3 Å². The summed E-state index contributed by atoms with van der Waals surface area (Å²) < 4.78 is 14.3. The summed E-state index contributed by atoms with van der Waals surface area (Å²) in [5.41, 5.74) is 0.856. The zero-order chi connectivity index (χ0) is 17.9. The van der Waals surface area contributed by atoms with E-state index in [0.29, 0.717) is 29.7 Å². The summed E-state index contributed by atoms with van der Waals surface area (Å²) in [6.07, 6.45) is 2.96. The molecular weight excluding hydrogens is 321 g/mol. The monoisotopic (exact) mass is 341 g/mol. The minimum absolute atomic E-state index is 0.0621. The number of halogens is 1. The molecule has 4 nitrogen and oxygen atoms in total. The maximum Gasteiger partial charge on any atom is 0.307 e. The fourth-order valence-electron chi connectivity index (χ4n) is 3.58. The lowest BCUT2D eigenvalue weighted by Gasteiger charge is -2.28. The van der Waals surface area contributed by atoms with Gasteiger partial charge in [-0.25, -0.2) is 4.39 Å². The third-order valence-corrected chi connectivity index (χ3v) is 4.85. The Morgan fingerprint density at radius 3 is 2.28 bits per heavy atom. The summed E-state index contributed by atoms with van der Waals surface area (Å²) in [7, 11) is 0. The average Bonchev–Trinajstić information content (AvgIpc) is 3.07. The third kappa shape index (κ3) is 3.55. The van der Waals surface area contributed by atoms with Crippen molar-refractivity contribution >= 4 is 17.6 Å². The number of carboxylic acids is 1. The maximum absolute atomic E-state index is 14.3. The van der Waals surface area contributed by atoms with Crippen molar-refractivity contribution in [1.82, 2.24) is 0 Å². The van der Waals surface area contributed by atoms with E-state index in [2.05, 4.69) is 5.32 Å². The highest BCUT2D eigenvalue weighted by atomic mass is 19.1. The Morgan fingerprint density at radius 2 is 1.68 bits per heavy atom. The fraction of sp³-hybridized carbons (Fsp3) is 0.300. The van der Waals surface area contributed by atoms with Crippen LogP contribution in [0.2, 0.25) is 0 Å². The van der Waals surface area contributed by atoms with Crippen LogP contribution in [0.25, 0.3) is 0 Å². The molecule has 5 heteroatoms. The lowest BCUT2D eigenvalue weighted by Crippen LogP contribution is -2.38. The SMILES string of the molecule is O=C(O)Cc1ccc(NC(=O)C2(c3ccccc3F)CCCC2)cc1. The predicted octanol–water partition coefficient (Wildman–Crippen LogP) is 3.90. The predicted molar refractivity (Wildman–Crippen MR) is 93.0 cm³/mol. The molecule has 0 saturated heterocycles. The molecule has 0 heterocycles. The molecule has 0 atom stereocenters. The first-order valence-corrected chi connectivity index (χ1v) is 8.38. The van der Waals surface area contributed by atoms with Crippen molar-refractivity contribution in [3.63, 3.8) is 0 Å². The second-order valence-corrected chi connectivity index (χ2v) is 6.49. The van der Waals surface area contributed by atoms with Crippen LogP contribution >= 0.6 is 0 Å². The lowest BCUT2D eigenvalue weighted by atomic mass is 9.77. The summed E-state index contributed by atoms with van der Waals surface area (Å²) in [6, 6.07) is 13.2. The van der Waals surface area contributed by atoms with Gasteiger partial charge in [-0.15, -0.1) is 0 Å². The molecule has 2 N–H and O–H groups in total. The summed E-state index contributed by atoms with van der Waals surface area (Å²) in [5.74, 6) is -1.46. The first kappa shape index (κ1) is 17.1. The minimum atomic E-state index is -0.902. The topological polar surface area (TPSA) is 66.4 Å². The van der Waals surface area contributed by atoms with Crippen LogP contribution in [0, 0.1) is 5.82 Å². The van der Waals surface area contributed by atoms with E-state index in [-0.39, 0.29) is 18.1 Å². The molecule has 1 fully saturated rings. The number of nitrogens with one attached hydrogen (secondary N) is 1.